The van der Waals surface area contributed by atoms with Gasteiger partial charge in [0, 0.05) is 17.9 Å². The zero-order valence-electron chi connectivity index (χ0n) is 7.87. The summed E-state index contributed by atoms with van der Waals surface area (Å²) in [5.41, 5.74) is 0. The smallest absolute Gasteiger partial charge is 0.212 e. The molecule has 0 aromatic rings. The fourth-order valence-electron chi connectivity index (χ4n) is 1.70. The third kappa shape index (κ3) is 2.67. The van der Waals surface area contributed by atoms with E-state index < -0.39 is 10.0 Å². The lowest BCUT2D eigenvalue weighted by atomic mass is 10.3. The third-order valence-corrected chi connectivity index (χ3v) is 5.19. The summed E-state index contributed by atoms with van der Waals surface area (Å²) in [6.07, 6.45) is 2.70. The molecule has 13 heavy (non-hydrogen) atoms. The average Bonchev–Trinajstić information content (AvgIpc) is 2.51. The van der Waals surface area contributed by atoms with Gasteiger partial charge in [-0.2, -0.15) is 4.31 Å². The highest BCUT2D eigenvalue weighted by molar-refractivity contribution is 9.09. The van der Waals surface area contributed by atoms with Gasteiger partial charge in [-0.15, -0.1) is 0 Å². The number of halogens is 1. The van der Waals surface area contributed by atoms with E-state index in [9.17, 15) is 8.42 Å². The second-order valence-electron chi connectivity index (χ2n) is 3.38. The first kappa shape index (κ1) is 11.5. The molecule has 1 atom stereocenters. The maximum Gasteiger partial charge on any atom is 0.214 e. The van der Waals surface area contributed by atoms with Crippen LogP contribution < -0.4 is 0 Å². The Balaban J connectivity index is 2.69. The number of hydrogen-bond acceptors (Lipinski definition) is 2. The van der Waals surface area contributed by atoms with E-state index in [1.807, 2.05) is 6.92 Å². The van der Waals surface area contributed by atoms with Gasteiger partial charge in [-0.05, 0) is 19.3 Å². The number of hydrogen-bond donors (Lipinski definition) is 0. The monoisotopic (exact) mass is 269 g/mol. The van der Waals surface area contributed by atoms with Crippen molar-refractivity contribution >= 4 is 26.0 Å². The molecule has 78 valence electrons. The molecule has 0 amide bonds. The van der Waals surface area contributed by atoms with E-state index in [1.54, 1.807) is 4.31 Å². The Kier molecular flexibility index (Phi) is 4.19. The topological polar surface area (TPSA) is 37.4 Å². The quantitative estimate of drug-likeness (QED) is 0.727. The van der Waals surface area contributed by atoms with Crippen LogP contribution in [0, 0.1) is 0 Å². The van der Waals surface area contributed by atoms with E-state index in [1.165, 1.54) is 0 Å². The third-order valence-electron chi connectivity index (χ3n) is 2.32. The molecular formula is C8H16BrNO2S. The lowest BCUT2D eigenvalue weighted by molar-refractivity contribution is 0.413. The Morgan fingerprint density at radius 3 is 2.77 bits per heavy atom. The van der Waals surface area contributed by atoms with Crippen molar-refractivity contribution in [3.05, 3.63) is 0 Å². The summed E-state index contributed by atoms with van der Waals surface area (Å²) >= 11 is 3.35. The van der Waals surface area contributed by atoms with Crippen LogP contribution in [0.3, 0.4) is 0 Å². The van der Waals surface area contributed by atoms with Gasteiger partial charge in [0.05, 0.1) is 5.75 Å². The summed E-state index contributed by atoms with van der Waals surface area (Å²) in [7, 11) is -2.97. The Morgan fingerprint density at radius 2 is 2.23 bits per heavy atom. The first-order valence-electron chi connectivity index (χ1n) is 4.67. The predicted molar refractivity (Wildman–Crippen MR) is 57.6 cm³/mol. The number of nitrogens with zero attached hydrogens (tertiary/aromatic N) is 1. The fourth-order valence-corrected chi connectivity index (χ4v) is 4.36. The van der Waals surface area contributed by atoms with Gasteiger partial charge in [0.2, 0.25) is 10.0 Å². The Labute approximate surface area is 88.7 Å². The van der Waals surface area contributed by atoms with Crippen molar-refractivity contribution < 1.29 is 8.42 Å². The SMILES string of the molecule is CCCS(=O)(=O)N1CCC[C@H]1CBr. The van der Waals surface area contributed by atoms with Gasteiger partial charge < -0.3 is 0 Å². The zero-order valence-corrected chi connectivity index (χ0v) is 10.3. The van der Waals surface area contributed by atoms with Gasteiger partial charge >= 0.3 is 0 Å². The maximum atomic E-state index is 11.7. The molecule has 5 heteroatoms. The summed E-state index contributed by atoms with van der Waals surface area (Å²) < 4.78 is 25.1. The van der Waals surface area contributed by atoms with E-state index >= 15 is 0 Å². The van der Waals surface area contributed by atoms with E-state index in [0.29, 0.717) is 13.0 Å². The van der Waals surface area contributed by atoms with Crippen LogP contribution in [0.2, 0.25) is 0 Å². The molecule has 0 N–H and O–H groups in total. The predicted octanol–water partition coefficient (Wildman–Crippen LogP) is 1.59. The first-order valence-corrected chi connectivity index (χ1v) is 7.40. The largest absolute Gasteiger partial charge is 0.214 e. The summed E-state index contributed by atoms with van der Waals surface area (Å²) in [6.45, 7) is 2.61. The van der Waals surface area contributed by atoms with Crippen molar-refractivity contribution in [2.75, 3.05) is 17.6 Å². The van der Waals surface area contributed by atoms with E-state index in [-0.39, 0.29) is 11.8 Å². The van der Waals surface area contributed by atoms with Gasteiger partial charge in [0.15, 0.2) is 0 Å². The lowest BCUT2D eigenvalue weighted by Crippen LogP contribution is -2.37. The molecule has 0 saturated carbocycles. The number of rotatable bonds is 4. The molecule has 0 radical (unpaired) electrons. The van der Waals surface area contributed by atoms with Crippen LogP contribution in [-0.4, -0.2) is 36.4 Å². The standard InChI is InChI=1S/C8H16BrNO2S/c1-2-6-13(11,12)10-5-3-4-8(10)7-9/h8H,2-7H2,1H3/t8-/m0/s1. The molecule has 0 aliphatic carbocycles. The highest BCUT2D eigenvalue weighted by atomic mass is 79.9. The molecule has 0 aromatic carbocycles. The highest BCUT2D eigenvalue weighted by Gasteiger charge is 2.32. The minimum absolute atomic E-state index is 0.191. The molecule has 1 aliphatic rings. The van der Waals surface area contributed by atoms with E-state index in [4.69, 9.17) is 0 Å². The fraction of sp³-hybridized carbons (Fsp3) is 1.00. The molecule has 1 heterocycles. The lowest BCUT2D eigenvalue weighted by Gasteiger charge is -2.21. The summed E-state index contributed by atoms with van der Waals surface area (Å²) in [5, 5.41) is 0.760. The molecule has 1 fully saturated rings. The van der Waals surface area contributed by atoms with Gasteiger partial charge in [0.1, 0.15) is 0 Å². The van der Waals surface area contributed by atoms with Crippen LogP contribution in [0.1, 0.15) is 26.2 Å². The van der Waals surface area contributed by atoms with Crippen molar-refractivity contribution in [3.63, 3.8) is 0 Å². The van der Waals surface area contributed by atoms with Crippen LogP contribution in [0.5, 0.6) is 0 Å². The minimum Gasteiger partial charge on any atom is -0.212 e. The Morgan fingerprint density at radius 1 is 1.54 bits per heavy atom. The van der Waals surface area contributed by atoms with Crippen molar-refractivity contribution in [1.82, 2.24) is 4.31 Å². The second kappa shape index (κ2) is 4.75. The van der Waals surface area contributed by atoms with Gasteiger partial charge in [0.25, 0.3) is 0 Å². The number of alkyl halides is 1. The van der Waals surface area contributed by atoms with E-state index in [0.717, 1.165) is 18.2 Å². The van der Waals surface area contributed by atoms with Crippen LogP contribution in [0.25, 0.3) is 0 Å². The van der Waals surface area contributed by atoms with Crippen molar-refractivity contribution in [1.29, 1.82) is 0 Å². The summed E-state index contributed by atoms with van der Waals surface area (Å²) in [4.78, 5) is 0. The van der Waals surface area contributed by atoms with Crippen LogP contribution >= 0.6 is 15.9 Å². The highest BCUT2D eigenvalue weighted by Crippen LogP contribution is 2.22. The van der Waals surface area contributed by atoms with Gasteiger partial charge in [-0.1, -0.05) is 22.9 Å². The molecule has 0 aromatic heterocycles. The van der Waals surface area contributed by atoms with Crippen molar-refractivity contribution in [2.24, 2.45) is 0 Å². The van der Waals surface area contributed by atoms with E-state index in [2.05, 4.69) is 15.9 Å². The molecule has 0 bridgehead atoms. The molecule has 1 aliphatic heterocycles. The molecule has 0 unspecified atom stereocenters. The number of sulfonamides is 1. The van der Waals surface area contributed by atoms with Crippen molar-refractivity contribution in [3.8, 4) is 0 Å². The molecule has 0 spiro atoms. The van der Waals surface area contributed by atoms with Crippen LogP contribution in [-0.2, 0) is 10.0 Å². The summed E-state index contributed by atoms with van der Waals surface area (Å²) in [5.74, 6) is 0.288. The first-order chi connectivity index (χ1) is 6.11. The molecule has 1 rings (SSSR count). The Bertz CT molecular complexity index is 253. The molecular weight excluding hydrogens is 254 g/mol. The molecule has 3 nitrogen and oxygen atoms in total. The van der Waals surface area contributed by atoms with Crippen molar-refractivity contribution in [2.45, 2.75) is 32.2 Å². The van der Waals surface area contributed by atoms with Gasteiger partial charge in [-0.3, -0.25) is 0 Å². The maximum absolute atomic E-state index is 11.7. The Hall–Kier alpha value is 0.390. The zero-order chi connectivity index (χ0) is 9.90. The second-order valence-corrected chi connectivity index (χ2v) is 6.07. The minimum atomic E-state index is -2.97. The molecule has 1 saturated heterocycles. The van der Waals surface area contributed by atoms with Crippen LogP contribution in [0.15, 0.2) is 0 Å². The average molecular weight is 270 g/mol. The van der Waals surface area contributed by atoms with Gasteiger partial charge in [-0.25, -0.2) is 8.42 Å². The summed E-state index contributed by atoms with van der Waals surface area (Å²) in [6, 6.07) is 0.191. The van der Waals surface area contributed by atoms with Crippen LogP contribution in [0.4, 0.5) is 0 Å². The normalized spacial score (nSPS) is 25.2.